The predicted octanol–water partition coefficient (Wildman–Crippen LogP) is 5.64. The Bertz CT molecular complexity index is 1420. The van der Waals surface area contributed by atoms with Crippen LogP contribution in [-0.2, 0) is 26.2 Å². The molecule has 2 atom stereocenters. The highest BCUT2D eigenvalue weighted by Gasteiger charge is 2.32. The molecule has 0 aliphatic rings. The molecule has 0 bridgehead atoms. The van der Waals surface area contributed by atoms with Gasteiger partial charge < -0.3 is 15.0 Å². The third kappa shape index (κ3) is 7.99. The second kappa shape index (κ2) is 14.0. The van der Waals surface area contributed by atoms with E-state index in [4.69, 9.17) is 16.3 Å². The van der Waals surface area contributed by atoms with E-state index >= 15 is 0 Å². The first-order chi connectivity index (χ1) is 19.0. The summed E-state index contributed by atoms with van der Waals surface area (Å²) in [6, 6.07) is 18.5. The molecule has 0 radical (unpaired) electrons. The van der Waals surface area contributed by atoms with Crippen LogP contribution in [0.4, 0.5) is 5.69 Å². The molecule has 3 rings (SSSR count). The normalized spacial score (nSPS) is 12.8. The van der Waals surface area contributed by atoms with E-state index in [9.17, 15) is 18.0 Å². The Morgan fingerprint density at radius 1 is 1.02 bits per heavy atom. The summed E-state index contributed by atoms with van der Waals surface area (Å²) < 4.78 is 34.7. The molecule has 214 valence electrons. The van der Waals surface area contributed by atoms with Gasteiger partial charge in [0.1, 0.15) is 18.3 Å². The lowest BCUT2D eigenvalue weighted by Crippen LogP contribution is -2.52. The number of carbonyl (C=O) groups is 2. The Balaban J connectivity index is 2.02. The summed E-state index contributed by atoms with van der Waals surface area (Å²) in [4.78, 5) is 28.4. The van der Waals surface area contributed by atoms with E-state index in [1.165, 1.54) is 48.4 Å². The van der Waals surface area contributed by atoms with Gasteiger partial charge in [-0.3, -0.25) is 13.9 Å². The number of sulfonamides is 1. The number of hydrogen-bond acceptors (Lipinski definition) is 5. The van der Waals surface area contributed by atoms with E-state index in [0.29, 0.717) is 10.8 Å². The zero-order valence-electron chi connectivity index (χ0n) is 22.8. The third-order valence-electron chi connectivity index (χ3n) is 6.45. The van der Waals surface area contributed by atoms with Crippen LogP contribution in [0.1, 0.15) is 32.8 Å². The number of anilines is 1. The summed E-state index contributed by atoms with van der Waals surface area (Å²) in [5.41, 5.74) is 1.04. The summed E-state index contributed by atoms with van der Waals surface area (Å²) >= 11 is 9.51. The van der Waals surface area contributed by atoms with Crippen LogP contribution in [0.5, 0.6) is 5.75 Å². The minimum absolute atomic E-state index is 0.0165. The number of nitrogens with zero attached hydrogens (tertiary/aromatic N) is 2. The van der Waals surface area contributed by atoms with Crippen molar-refractivity contribution in [3.05, 3.63) is 87.9 Å². The fraction of sp³-hybridized carbons (Fsp3) is 0.310. The Kier molecular flexibility index (Phi) is 11.0. The number of halogens is 2. The molecular formula is C29H33BrClN3O5S. The average Bonchev–Trinajstić information content (AvgIpc) is 2.94. The molecule has 0 saturated carbocycles. The van der Waals surface area contributed by atoms with Crippen LogP contribution < -0.4 is 14.4 Å². The largest absolute Gasteiger partial charge is 0.497 e. The third-order valence-corrected chi connectivity index (χ3v) is 8.98. The standard InChI is InChI=1S/C29H33BrClN3O5S/c1-5-20(2)32-29(36)21(3)33(18-22-7-6-8-23(30)17-22)28(35)19-34(25-11-9-24(31)10-12-25)40(37,38)27-15-13-26(39-4)14-16-27/h6-17,20-21H,5,18-19H2,1-4H3,(H,32,36)/t20-,21-/m1/s1. The van der Waals surface area contributed by atoms with Gasteiger partial charge in [-0.15, -0.1) is 0 Å². The van der Waals surface area contributed by atoms with Gasteiger partial charge in [-0.25, -0.2) is 8.42 Å². The molecule has 0 aliphatic carbocycles. The molecule has 40 heavy (non-hydrogen) atoms. The number of benzene rings is 3. The predicted molar refractivity (Wildman–Crippen MR) is 161 cm³/mol. The average molecular weight is 651 g/mol. The molecule has 3 aromatic rings. The number of nitrogens with one attached hydrogen (secondary N) is 1. The number of methoxy groups -OCH3 is 1. The van der Waals surface area contributed by atoms with E-state index in [2.05, 4.69) is 21.2 Å². The van der Waals surface area contributed by atoms with E-state index < -0.39 is 28.5 Å². The number of rotatable bonds is 12. The van der Waals surface area contributed by atoms with Gasteiger partial charge in [0.05, 0.1) is 17.7 Å². The van der Waals surface area contributed by atoms with Crippen LogP contribution >= 0.6 is 27.5 Å². The van der Waals surface area contributed by atoms with Crippen LogP contribution in [0.3, 0.4) is 0 Å². The number of carbonyl (C=O) groups excluding carboxylic acids is 2. The maximum absolute atomic E-state index is 13.9. The molecule has 0 saturated heterocycles. The molecule has 0 aromatic heterocycles. The Labute approximate surface area is 249 Å². The molecule has 3 aromatic carbocycles. The van der Waals surface area contributed by atoms with Crippen molar-refractivity contribution in [1.82, 2.24) is 10.2 Å². The quantitative estimate of drug-likeness (QED) is 0.274. The van der Waals surface area contributed by atoms with Crippen molar-refractivity contribution >= 4 is 55.1 Å². The van der Waals surface area contributed by atoms with E-state index in [-0.39, 0.29) is 29.1 Å². The minimum Gasteiger partial charge on any atom is -0.497 e. The van der Waals surface area contributed by atoms with Crippen LogP contribution in [-0.4, -0.2) is 50.9 Å². The fourth-order valence-corrected chi connectivity index (χ4v) is 5.88. The molecule has 8 nitrogen and oxygen atoms in total. The van der Waals surface area contributed by atoms with Crippen molar-refractivity contribution in [2.75, 3.05) is 18.0 Å². The van der Waals surface area contributed by atoms with Gasteiger partial charge in [0.2, 0.25) is 11.8 Å². The zero-order valence-corrected chi connectivity index (χ0v) is 26.0. The van der Waals surface area contributed by atoms with Gasteiger partial charge in [-0.05, 0) is 86.5 Å². The molecule has 0 fully saturated rings. The molecule has 11 heteroatoms. The highest BCUT2D eigenvalue weighted by atomic mass is 79.9. The lowest BCUT2D eigenvalue weighted by atomic mass is 10.1. The summed E-state index contributed by atoms with van der Waals surface area (Å²) in [5, 5.41) is 3.34. The van der Waals surface area contributed by atoms with Gasteiger partial charge >= 0.3 is 0 Å². The second-order valence-electron chi connectivity index (χ2n) is 9.31. The van der Waals surface area contributed by atoms with Crippen LogP contribution in [0.15, 0.2) is 82.2 Å². The van der Waals surface area contributed by atoms with Crippen LogP contribution in [0.2, 0.25) is 5.02 Å². The first kappa shape index (κ1) is 31.4. The summed E-state index contributed by atoms with van der Waals surface area (Å²) in [6.45, 7) is 5.04. The minimum atomic E-state index is -4.19. The monoisotopic (exact) mass is 649 g/mol. The van der Waals surface area contributed by atoms with Gasteiger partial charge in [0.15, 0.2) is 0 Å². The van der Waals surface area contributed by atoms with Gasteiger partial charge in [-0.2, -0.15) is 0 Å². The molecule has 0 unspecified atom stereocenters. The lowest BCUT2D eigenvalue weighted by molar-refractivity contribution is -0.139. The summed E-state index contributed by atoms with van der Waals surface area (Å²) in [5.74, 6) is -0.373. The molecule has 0 heterocycles. The second-order valence-corrected chi connectivity index (χ2v) is 12.5. The molecule has 0 aliphatic heterocycles. The molecular weight excluding hydrogens is 618 g/mol. The molecule has 0 spiro atoms. The van der Waals surface area contributed by atoms with Crippen molar-refractivity contribution in [2.24, 2.45) is 0 Å². The van der Waals surface area contributed by atoms with Crippen molar-refractivity contribution in [3.8, 4) is 5.75 Å². The van der Waals surface area contributed by atoms with Crippen molar-refractivity contribution in [3.63, 3.8) is 0 Å². The van der Waals surface area contributed by atoms with Crippen LogP contribution in [0.25, 0.3) is 0 Å². The Morgan fingerprint density at radius 2 is 1.68 bits per heavy atom. The van der Waals surface area contributed by atoms with E-state index in [1.54, 1.807) is 19.1 Å². The maximum atomic E-state index is 13.9. The highest BCUT2D eigenvalue weighted by molar-refractivity contribution is 9.10. The van der Waals surface area contributed by atoms with Crippen molar-refractivity contribution < 1.29 is 22.7 Å². The summed E-state index contributed by atoms with van der Waals surface area (Å²) in [7, 11) is -2.70. The van der Waals surface area contributed by atoms with Crippen molar-refractivity contribution in [1.29, 1.82) is 0 Å². The van der Waals surface area contributed by atoms with Crippen LogP contribution in [0, 0.1) is 0 Å². The number of ether oxygens (including phenoxy) is 1. The topological polar surface area (TPSA) is 96.0 Å². The Hall–Kier alpha value is -3.08. The highest BCUT2D eigenvalue weighted by Crippen LogP contribution is 2.27. The first-order valence-electron chi connectivity index (χ1n) is 12.7. The molecule has 1 N–H and O–H groups in total. The lowest BCUT2D eigenvalue weighted by Gasteiger charge is -2.32. The zero-order chi connectivity index (χ0) is 29.4. The fourth-order valence-electron chi connectivity index (χ4n) is 3.89. The number of amides is 2. The van der Waals surface area contributed by atoms with Gasteiger partial charge in [0, 0.05) is 22.1 Å². The number of hydrogen-bond donors (Lipinski definition) is 1. The smallest absolute Gasteiger partial charge is 0.264 e. The SMILES string of the molecule is CC[C@@H](C)NC(=O)[C@@H](C)N(Cc1cccc(Br)c1)C(=O)CN(c1ccc(Cl)cc1)S(=O)(=O)c1ccc(OC)cc1. The van der Waals surface area contributed by atoms with Gasteiger partial charge in [-0.1, -0.05) is 46.6 Å². The maximum Gasteiger partial charge on any atom is 0.264 e. The summed E-state index contributed by atoms with van der Waals surface area (Å²) in [6.07, 6.45) is 0.725. The Morgan fingerprint density at radius 3 is 2.25 bits per heavy atom. The van der Waals surface area contributed by atoms with Crippen molar-refractivity contribution in [2.45, 2.75) is 50.7 Å². The first-order valence-corrected chi connectivity index (χ1v) is 15.3. The van der Waals surface area contributed by atoms with E-state index in [0.717, 1.165) is 20.8 Å². The van der Waals surface area contributed by atoms with Gasteiger partial charge in [0.25, 0.3) is 10.0 Å². The molecule has 2 amide bonds. The van der Waals surface area contributed by atoms with E-state index in [1.807, 2.05) is 38.1 Å².